The van der Waals surface area contributed by atoms with Crippen molar-refractivity contribution in [1.29, 1.82) is 0 Å². The molecule has 3 aromatic heterocycles. The topological polar surface area (TPSA) is 118 Å². The highest BCUT2D eigenvalue weighted by molar-refractivity contribution is 5.96. The van der Waals surface area contributed by atoms with E-state index < -0.39 is 5.91 Å². The Kier molecular flexibility index (Phi) is 5.85. The average molecular weight is 465 g/mol. The molecule has 1 amide bonds. The maximum atomic E-state index is 11.4. The number of pyridine rings is 1. The van der Waals surface area contributed by atoms with Crippen molar-refractivity contribution in [2.45, 2.75) is 19.9 Å². The van der Waals surface area contributed by atoms with Gasteiger partial charge in [0.05, 0.1) is 17.5 Å². The molecule has 3 heterocycles. The number of nitrogens with one attached hydrogen (secondary N) is 1. The van der Waals surface area contributed by atoms with E-state index in [9.17, 15) is 9.90 Å². The molecule has 4 N–H and O–H groups in total. The molecule has 5 rings (SSSR count). The number of carbonyl (C=O) groups excluding carboxylic acids is 1. The molecule has 0 aliphatic heterocycles. The highest BCUT2D eigenvalue weighted by Crippen LogP contribution is 2.30. The van der Waals surface area contributed by atoms with Gasteiger partial charge in [-0.2, -0.15) is 9.61 Å². The Morgan fingerprint density at radius 3 is 2.49 bits per heavy atom. The second-order valence-corrected chi connectivity index (χ2v) is 8.17. The Balaban J connectivity index is 1.49. The molecule has 0 fully saturated rings. The molecule has 2 aromatic carbocycles. The monoisotopic (exact) mass is 464 g/mol. The van der Waals surface area contributed by atoms with E-state index in [2.05, 4.69) is 22.3 Å². The molecule has 0 unspecified atom stereocenters. The van der Waals surface area contributed by atoms with Gasteiger partial charge >= 0.3 is 0 Å². The Morgan fingerprint density at radius 2 is 1.80 bits per heavy atom. The van der Waals surface area contributed by atoms with Gasteiger partial charge in [-0.05, 0) is 41.3 Å². The van der Waals surface area contributed by atoms with Crippen LogP contribution in [0.25, 0.3) is 28.0 Å². The summed E-state index contributed by atoms with van der Waals surface area (Å²) in [5, 5.41) is 18.1. The third-order valence-corrected chi connectivity index (χ3v) is 5.90. The second kappa shape index (κ2) is 9.26. The number of hydrogen-bond donors (Lipinski definition) is 3. The lowest BCUT2D eigenvalue weighted by molar-refractivity contribution is 0.0998. The first kappa shape index (κ1) is 22.1. The van der Waals surface area contributed by atoms with Crippen molar-refractivity contribution in [2.24, 2.45) is 5.73 Å². The molecule has 0 spiro atoms. The fourth-order valence-electron chi connectivity index (χ4n) is 3.98. The van der Waals surface area contributed by atoms with Crippen LogP contribution in [0.5, 0.6) is 5.75 Å². The van der Waals surface area contributed by atoms with Crippen molar-refractivity contribution < 1.29 is 9.90 Å². The molecule has 0 saturated heterocycles. The maximum Gasteiger partial charge on any atom is 0.252 e. The molecule has 0 aliphatic carbocycles. The molecule has 0 bridgehead atoms. The summed E-state index contributed by atoms with van der Waals surface area (Å²) in [6.45, 7) is 2.69. The summed E-state index contributed by atoms with van der Waals surface area (Å²) in [7, 11) is 0. The van der Waals surface area contributed by atoms with Crippen LogP contribution in [-0.2, 0) is 13.0 Å². The molecule has 8 nitrogen and oxygen atoms in total. The fourth-order valence-corrected chi connectivity index (χ4v) is 3.98. The number of amides is 1. The zero-order chi connectivity index (χ0) is 24.4. The zero-order valence-corrected chi connectivity index (χ0v) is 19.1. The van der Waals surface area contributed by atoms with Gasteiger partial charge in [0.25, 0.3) is 5.91 Å². The summed E-state index contributed by atoms with van der Waals surface area (Å²) in [4.78, 5) is 20.5. The van der Waals surface area contributed by atoms with E-state index in [0.29, 0.717) is 6.54 Å². The van der Waals surface area contributed by atoms with Crippen molar-refractivity contribution in [3.63, 3.8) is 0 Å². The third kappa shape index (κ3) is 4.41. The minimum atomic E-state index is -0.662. The number of fused-ring (bicyclic) bond motifs is 1. The zero-order valence-electron chi connectivity index (χ0n) is 19.1. The van der Waals surface area contributed by atoms with Crippen molar-refractivity contribution >= 4 is 17.4 Å². The molecular formula is C27H24N6O2. The van der Waals surface area contributed by atoms with Gasteiger partial charge in [-0.1, -0.05) is 43.3 Å². The molecule has 0 atom stereocenters. The first-order valence-electron chi connectivity index (χ1n) is 11.3. The summed E-state index contributed by atoms with van der Waals surface area (Å²) in [5.74, 6) is 0.0399. The standard InChI is InChI=1S/C27H24N6O2/c1-2-18-16-31-33-25(30-15-17-4-3-11-29-14-17)13-23(32-27(18)33)20-7-5-19(6-8-20)21-9-10-22(26(28)35)24(34)12-21/h3-14,16,30,34H,2,15H2,1H3,(H2,28,35). The Bertz CT molecular complexity index is 1510. The molecule has 0 radical (unpaired) electrons. The number of nitrogens with two attached hydrogens (primary N) is 1. The lowest BCUT2D eigenvalue weighted by Crippen LogP contribution is -2.10. The van der Waals surface area contributed by atoms with E-state index in [-0.39, 0.29) is 11.3 Å². The summed E-state index contributed by atoms with van der Waals surface area (Å²) in [5.41, 5.74) is 11.8. The highest BCUT2D eigenvalue weighted by atomic mass is 16.3. The van der Waals surface area contributed by atoms with Crippen LogP contribution in [-0.4, -0.2) is 30.6 Å². The van der Waals surface area contributed by atoms with E-state index in [4.69, 9.17) is 10.7 Å². The van der Waals surface area contributed by atoms with Crippen molar-refractivity contribution in [3.8, 4) is 28.1 Å². The Morgan fingerprint density at radius 1 is 1.03 bits per heavy atom. The minimum absolute atomic E-state index is 0.0988. The van der Waals surface area contributed by atoms with Gasteiger partial charge in [0, 0.05) is 36.1 Å². The first-order valence-corrected chi connectivity index (χ1v) is 11.3. The number of aromatic hydroxyl groups is 1. The molecular weight excluding hydrogens is 440 g/mol. The van der Waals surface area contributed by atoms with Crippen molar-refractivity contribution in [3.05, 3.63) is 95.9 Å². The summed E-state index contributed by atoms with van der Waals surface area (Å²) < 4.78 is 1.83. The number of carbonyl (C=O) groups is 1. The molecule has 174 valence electrons. The smallest absolute Gasteiger partial charge is 0.252 e. The number of rotatable bonds is 7. The SMILES string of the molecule is CCc1cnn2c(NCc3cccnc3)cc(-c3ccc(-c4ccc(C(N)=O)c(O)c4)cc3)nc12. The predicted octanol–water partition coefficient (Wildman–Crippen LogP) is 4.44. The summed E-state index contributed by atoms with van der Waals surface area (Å²) in [6.07, 6.45) is 6.27. The summed E-state index contributed by atoms with van der Waals surface area (Å²) in [6, 6.07) is 18.6. The van der Waals surface area contributed by atoms with Gasteiger partial charge in [-0.15, -0.1) is 0 Å². The lowest BCUT2D eigenvalue weighted by atomic mass is 10.0. The molecule has 0 saturated carbocycles. The van der Waals surface area contributed by atoms with Crippen molar-refractivity contribution in [1.82, 2.24) is 19.6 Å². The van der Waals surface area contributed by atoms with Gasteiger partial charge in [0.1, 0.15) is 11.6 Å². The van der Waals surface area contributed by atoms with E-state index >= 15 is 0 Å². The van der Waals surface area contributed by atoms with Crippen LogP contribution in [0.15, 0.2) is 79.3 Å². The molecule has 35 heavy (non-hydrogen) atoms. The van der Waals surface area contributed by atoms with Gasteiger partial charge in [-0.3, -0.25) is 9.78 Å². The van der Waals surface area contributed by atoms with Crippen LogP contribution in [0.4, 0.5) is 5.82 Å². The van der Waals surface area contributed by atoms with Crippen LogP contribution in [0.3, 0.4) is 0 Å². The highest BCUT2D eigenvalue weighted by Gasteiger charge is 2.13. The normalized spacial score (nSPS) is 11.0. The van der Waals surface area contributed by atoms with Crippen LogP contribution in [0.2, 0.25) is 0 Å². The number of phenols is 1. The van der Waals surface area contributed by atoms with Crippen LogP contribution in [0, 0.1) is 0 Å². The molecule has 8 heteroatoms. The molecule has 0 aliphatic rings. The van der Waals surface area contributed by atoms with Gasteiger partial charge in [0.2, 0.25) is 0 Å². The fraction of sp³-hybridized carbons (Fsp3) is 0.111. The van der Waals surface area contributed by atoms with E-state index in [1.54, 1.807) is 18.3 Å². The number of aryl methyl sites for hydroxylation is 1. The number of nitrogens with zero attached hydrogens (tertiary/aromatic N) is 4. The second-order valence-electron chi connectivity index (χ2n) is 8.17. The number of benzene rings is 2. The number of hydrogen-bond acceptors (Lipinski definition) is 6. The van der Waals surface area contributed by atoms with Crippen LogP contribution < -0.4 is 11.1 Å². The summed E-state index contributed by atoms with van der Waals surface area (Å²) >= 11 is 0. The van der Waals surface area contributed by atoms with E-state index in [1.165, 1.54) is 6.07 Å². The van der Waals surface area contributed by atoms with Gasteiger partial charge in [0.15, 0.2) is 5.65 Å². The Labute approximate surface area is 202 Å². The van der Waals surface area contributed by atoms with E-state index in [1.807, 2.05) is 59.4 Å². The van der Waals surface area contributed by atoms with Crippen LogP contribution in [0.1, 0.15) is 28.4 Å². The first-order chi connectivity index (χ1) is 17.0. The quantitative estimate of drug-likeness (QED) is 0.328. The average Bonchev–Trinajstić information content (AvgIpc) is 3.31. The minimum Gasteiger partial charge on any atom is -0.507 e. The number of primary amides is 1. The largest absolute Gasteiger partial charge is 0.507 e. The van der Waals surface area contributed by atoms with E-state index in [0.717, 1.165) is 51.4 Å². The van der Waals surface area contributed by atoms with Crippen molar-refractivity contribution in [2.75, 3.05) is 5.32 Å². The maximum absolute atomic E-state index is 11.4. The number of aromatic nitrogens is 4. The third-order valence-electron chi connectivity index (χ3n) is 5.90. The van der Waals surface area contributed by atoms with Crippen LogP contribution >= 0.6 is 0 Å². The van der Waals surface area contributed by atoms with Gasteiger partial charge < -0.3 is 16.2 Å². The van der Waals surface area contributed by atoms with Gasteiger partial charge in [-0.25, -0.2) is 4.98 Å². The predicted molar refractivity (Wildman–Crippen MR) is 135 cm³/mol. The Hall–Kier alpha value is -4.72. The lowest BCUT2D eigenvalue weighted by Gasteiger charge is -2.12. The molecule has 5 aromatic rings. The number of anilines is 1.